The van der Waals surface area contributed by atoms with E-state index in [0.29, 0.717) is 12.8 Å². The molecule has 1 unspecified atom stereocenters. The SMILES string of the molecule is CCCCN(CCCC)C(=O)CCC(C)O. The molecule has 1 atom stereocenters. The van der Waals surface area contributed by atoms with Crippen molar-refractivity contribution in [2.45, 2.75) is 65.4 Å². The van der Waals surface area contributed by atoms with E-state index in [1.165, 1.54) is 0 Å². The van der Waals surface area contributed by atoms with E-state index in [1.54, 1.807) is 6.92 Å². The Bertz CT molecular complexity index is 173. The molecule has 96 valence electrons. The van der Waals surface area contributed by atoms with Gasteiger partial charge < -0.3 is 10.0 Å². The van der Waals surface area contributed by atoms with Crippen molar-refractivity contribution < 1.29 is 9.90 Å². The van der Waals surface area contributed by atoms with Crippen LogP contribution in [0.15, 0.2) is 0 Å². The summed E-state index contributed by atoms with van der Waals surface area (Å²) in [5, 5.41) is 9.16. The zero-order chi connectivity index (χ0) is 12.4. The van der Waals surface area contributed by atoms with Gasteiger partial charge in [0.15, 0.2) is 0 Å². The summed E-state index contributed by atoms with van der Waals surface area (Å²) in [6.07, 6.45) is 5.06. The minimum Gasteiger partial charge on any atom is -0.393 e. The Labute approximate surface area is 99.8 Å². The molecule has 1 N–H and O–H groups in total. The lowest BCUT2D eigenvalue weighted by Gasteiger charge is -2.22. The Morgan fingerprint density at radius 3 is 2.06 bits per heavy atom. The summed E-state index contributed by atoms with van der Waals surface area (Å²) in [4.78, 5) is 13.8. The lowest BCUT2D eigenvalue weighted by atomic mass is 10.2. The van der Waals surface area contributed by atoms with E-state index in [1.807, 2.05) is 4.90 Å². The summed E-state index contributed by atoms with van der Waals surface area (Å²) < 4.78 is 0. The quantitative estimate of drug-likeness (QED) is 0.660. The zero-order valence-electron chi connectivity index (χ0n) is 11.0. The van der Waals surface area contributed by atoms with Crippen molar-refractivity contribution in [1.29, 1.82) is 0 Å². The van der Waals surface area contributed by atoms with Gasteiger partial charge in [-0.1, -0.05) is 26.7 Å². The number of unbranched alkanes of at least 4 members (excludes halogenated alkanes) is 2. The number of rotatable bonds is 9. The molecule has 0 aromatic heterocycles. The molecule has 0 bridgehead atoms. The molecular formula is C13H27NO2. The highest BCUT2D eigenvalue weighted by Crippen LogP contribution is 2.05. The van der Waals surface area contributed by atoms with Crippen LogP contribution in [0.5, 0.6) is 0 Å². The first-order chi connectivity index (χ1) is 7.61. The lowest BCUT2D eigenvalue weighted by molar-refractivity contribution is -0.131. The third kappa shape index (κ3) is 7.69. The molecule has 0 saturated heterocycles. The van der Waals surface area contributed by atoms with Gasteiger partial charge in [0.25, 0.3) is 0 Å². The number of nitrogens with zero attached hydrogens (tertiary/aromatic N) is 1. The van der Waals surface area contributed by atoms with Crippen molar-refractivity contribution in [3.63, 3.8) is 0 Å². The van der Waals surface area contributed by atoms with E-state index in [9.17, 15) is 4.79 Å². The Morgan fingerprint density at radius 2 is 1.69 bits per heavy atom. The summed E-state index contributed by atoms with van der Waals surface area (Å²) in [6, 6.07) is 0. The number of hydrogen-bond donors (Lipinski definition) is 1. The van der Waals surface area contributed by atoms with Gasteiger partial charge in [-0.05, 0) is 26.2 Å². The number of carbonyl (C=O) groups is 1. The first kappa shape index (κ1) is 15.4. The molecule has 0 aliphatic carbocycles. The Kier molecular flexibility index (Phi) is 9.30. The van der Waals surface area contributed by atoms with Crippen molar-refractivity contribution in [3.05, 3.63) is 0 Å². The second kappa shape index (κ2) is 9.64. The van der Waals surface area contributed by atoms with Crippen LogP contribution in [0.2, 0.25) is 0 Å². The molecule has 0 fully saturated rings. The highest BCUT2D eigenvalue weighted by atomic mass is 16.3. The highest BCUT2D eigenvalue weighted by Gasteiger charge is 2.12. The summed E-state index contributed by atoms with van der Waals surface area (Å²) in [7, 11) is 0. The molecule has 0 aliphatic heterocycles. The molecule has 0 aliphatic rings. The minimum atomic E-state index is -0.372. The van der Waals surface area contributed by atoms with Crippen LogP contribution in [-0.2, 0) is 4.79 Å². The Balaban J connectivity index is 3.98. The third-order valence-electron chi connectivity index (χ3n) is 2.69. The van der Waals surface area contributed by atoms with Crippen molar-refractivity contribution in [3.8, 4) is 0 Å². The number of aliphatic hydroxyl groups is 1. The zero-order valence-corrected chi connectivity index (χ0v) is 11.0. The van der Waals surface area contributed by atoms with E-state index in [2.05, 4.69) is 13.8 Å². The molecule has 1 amide bonds. The summed E-state index contributed by atoms with van der Waals surface area (Å²) in [5.41, 5.74) is 0. The van der Waals surface area contributed by atoms with Crippen LogP contribution < -0.4 is 0 Å². The summed E-state index contributed by atoms with van der Waals surface area (Å²) in [6.45, 7) is 7.75. The van der Waals surface area contributed by atoms with E-state index in [-0.39, 0.29) is 12.0 Å². The number of amides is 1. The highest BCUT2D eigenvalue weighted by molar-refractivity contribution is 5.76. The number of carbonyl (C=O) groups excluding carboxylic acids is 1. The van der Waals surface area contributed by atoms with Gasteiger partial charge in [0.1, 0.15) is 0 Å². The fourth-order valence-electron chi connectivity index (χ4n) is 1.55. The van der Waals surface area contributed by atoms with Gasteiger partial charge in [0.05, 0.1) is 6.10 Å². The molecular weight excluding hydrogens is 202 g/mol. The molecule has 0 spiro atoms. The molecule has 16 heavy (non-hydrogen) atoms. The maximum Gasteiger partial charge on any atom is 0.222 e. The number of aliphatic hydroxyl groups excluding tert-OH is 1. The van der Waals surface area contributed by atoms with Gasteiger partial charge in [0, 0.05) is 19.5 Å². The lowest BCUT2D eigenvalue weighted by Crippen LogP contribution is -2.33. The Morgan fingerprint density at radius 1 is 1.19 bits per heavy atom. The maximum atomic E-state index is 11.9. The molecule has 3 heteroatoms. The van der Waals surface area contributed by atoms with Crippen molar-refractivity contribution in [1.82, 2.24) is 4.90 Å². The third-order valence-corrected chi connectivity index (χ3v) is 2.69. The van der Waals surface area contributed by atoms with Crippen molar-refractivity contribution in [2.75, 3.05) is 13.1 Å². The summed E-state index contributed by atoms with van der Waals surface area (Å²) in [5.74, 6) is 0.197. The topological polar surface area (TPSA) is 40.5 Å². The smallest absolute Gasteiger partial charge is 0.222 e. The largest absolute Gasteiger partial charge is 0.393 e. The second-order valence-corrected chi connectivity index (χ2v) is 4.48. The molecule has 3 nitrogen and oxygen atoms in total. The van der Waals surface area contributed by atoms with Crippen LogP contribution >= 0.6 is 0 Å². The van der Waals surface area contributed by atoms with Crippen molar-refractivity contribution in [2.24, 2.45) is 0 Å². The predicted molar refractivity (Wildman–Crippen MR) is 67.3 cm³/mol. The fourth-order valence-corrected chi connectivity index (χ4v) is 1.55. The van der Waals surface area contributed by atoms with Crippen LogP contribution in [0.3, 0.4) is 0 Å². The van der Waals surface area contributed by atoms with Gasteiger partial charge >= 0.3 is 0 Å². The van der Waals surface area contributed by atoms with Crippen LogP contribution in [0.4, 0.5) is 0 Å². The maximum absolute atomic E-state index is 11.9. The van der Waals surface area contributed by atoms with Crippen LogP contribution in [-0.4, -0.2) is 35.1 Å². The number of hydrogen-bond acceptors (Lipinski definition) is 2. The first-order valence-corrected chi connectivity index (χ1v) is 6.57. The normalized spacial score (nSPS) is 12.5. The average Bonchev–Trinajstić information content (AvgIpc) is 2.26. The fraction of sp³-hybridized carbons (Fsp3) is 0.923. The standard InChI is InChI=1S/C13H27NO2/c1-4-6-10-14(11-7-5-2)13(16)9-8-12(3)15/h12,15H,4-11H2,1-3H3. The molecule has 0 rings (SSSR count). The van der Waals surface area contributed by atoms with E-state index >= 15 is 0 Å². The van der Waals surface area contributed by atoms with Gasteiger partial charge in [-0.15, -0.1) is 0 Å². The second-order valence-electron chi connectivity index (χ2n) is 4.48. The van der Waals surface area contributed by atoms with E-state index in [4.69, 9.17) is 5.11 Å². The molecule has 0 aromatic rings. The average molecular weight is 229 g/mol. The minimum absolute atomic E-state index is 0.197. The predicted octanol–water partition coefficient (Wildman–Crippen LogP) is 2.58. The monoisotopic (exact) mass is 229 g/mol. The van der Waals surface area contributed by atoms with E-state index < -0.39 is 0 Å². The molecule has 0 saturated carbocycles. The van der Waals surface area contributed by atoms with Crippen molar-refractivity contribution >= 4 is 5.91 Å². The molecule has 0 aromatic carbocycles. The van der Waals surface area contributed by atoms with E-state index in [0.717, 1.165) is 38.8 Å². The molecule has 0 heterocycles. The van der Waals surface area contributed by atoms with Gasteiger partial charge in [-0.2, -0.15) is 0 Å². The van der Waals surface area contributed by atoms with Gasteiger partial charge in [-0.25, -0.2) is 0 Å². The van der Waals surface area contributed by atoms with Gasteiger partial charge in [0.2, 0.25) is 5.91 Å². The van der Waals surface area contributed by atoms with Gasteiger partial charge in [-0.3, -0.25) is 4.79 Å². The van der Waals surface area contributed by atoms with Crippen LogP contribution in [0.25, 0.3) is 0 Å². The Hall–Kier alpha value is -0.570. The van der Waals surface area contributed by atoms with Crippen LogP contribution in [0.1, 0.15) is 59.3 Å². The first-order valence-electron chi connectivity index (χ1n) is 6.57. The summed E-state index contributed by atoms with van der Waals surface area (Å²) >= 11 is 0. The van der Waals surface area contributed by atoms with Crippen LogP contribution in [0, 0.1) is 0 Å². The molecule has 0 radical (unpaired) electrons.